The summed E-state index contributed by atoms with van der Waals surface area (Å²) in [6.45, 7) is 6.21. The van der Waals surface area contributed by atoms with E-state index in [-0.39, 0.29) is 18.2 Å². The lowest BCUT2D eigenvalue weighted by Crippen LogP contribution is -2.51. The lowest BCUT2D eigenvalue weighted by Gasteiger charge is -2.32. The number of carbonyl (C=O) groups is 1. The van der Waals surface area contributed by atoms with Crippen LogP contribution in [0, 0.1) is 0 Å². The normalized spacial score (nSPS) is 22.9. The first-order chi connectivity index (χ1) is 9.13. The van der Waals surface area contributed by atoms with E-state index in [2.05, 4.69) is 10.6 Å². The fourth-order valence-corrected chi connectivity index (χ4v) is 2.34. The maximum atomic E-state index is 12.1. The first kappa shape index (κ1) is 13.6. The van der Waals surface area contributed by atoms with Gasteiger partial charge in [-0.3, -0.25) is 5.32 Å². The molecule has 0 radical (unpaired) electrons. The summed E-state index contributed by atoms with van der Waals surface area (Å²) in [6, 6.07) is 9.83. The summed E-state index contributed by atoms with van der Waals surface area (Å²) < 4.78 is 5.16. The predicted molar refractivity (Wildman–Crippen MR) is 75.2 cm³/mol. The molecule has 0 aliphatic carbocycles. The van der Waals surface area contributed by atoms with Crippen molar-refractivity contribution in [2.45, 2.75) is 33.0 Å². The van der Waals surface area contributed by atoms with Gasteiger partial charge in [0, 0.05) is 6.04 Å². The van der Waals surface area contributed by atoms with Gasteiger partial charge in [-0.2, -0.15) is 0 Å². The largest absolute Gasteiger partial charge is 0.463 e. The Morgan fingerprint density at radius 2 is 1.95 bits per heavy atom. The van der Waals surface area contributed by atoms with Crippen LogP contribution in [0.5, 0.6) is 0 Å². The minimum atomic E-state index is -0.263. The van der Waals surface area contributed by atoms with Crippen LogP contribution in [-0.4, -0.2) is 24.8 Å². The molecule has 102 valence electrons. The predicted octanol–water partition coefficient (Wildman–Crippen LogP) is 1.89. The first-order valence-corrected chi connectivity index (χ1v) is 6.62. The van der Waals surface area contributed by atoms with E-state index in [1.807, 2.05) is 51.1 Å². The van der Waals surface area contributed by atoms with Crippen molar-refractivity contribution in [3.8, 4) is 0 Å². The Kier molecular flexibility index (Phi) is 4.22. The molecule has 1 aromatic rings. The van der Waals surface area contributed by atoms with Gasteiger partial charge >= 0.3 is 5.97 Å². The number of benzene rings is 1. The molecule has 4 heteroatoms. The van der Waals surface area contributed by atoms with Gasteiger partial charge in [-0.05, 0) is 26.3 Å². The molecule has 0 spiro atoms. The molecule has 0 unspecified atom stereocenters. The van der Waals surface area contributed by atoms with Crippen LogP contribution in [0.1, 0.15) is 26.3 Å². The van der Waals surface area contributed by atoms with Crippen molar-refractivity contribution in [3.05, 3.63) is 41.5 Å². The third kappa shape index (κ3) is 2.96. The summed E-state index contributed by atoms with van der Waals surface area (Å²) in [6.07, 6.45) is 0.114. The molecule has 1 heterocycles. The van der Waals surface area contributed by atoms with Crippen LogP contribution in [0.25, 0.3) is 5.70 Å². The number of esters is 1. The molecule has 0 aromatic heterocycles. The molecule has 19 heavy (non-hydrogen) atoms. The third-order valence-corrected chi connectivity index (χ3v) is 3.12. The lowest BCUT2D eigenvalue weighted by atomic mass is 9.98. The smallest absolute Gasteiger partial charge is 0.337 e. The van der Waals surface area contributed by atoms with Crippen LogP contribution in [0.2, 0.25) is 0 Å². The standard InChI is InChI=1S/C15H20N2O2/c1-4-19-15(18)13-10(2)16-11(3)17-14(13)12-8-6-5-7-9-12/h5-11,16-17H,4H2,1-3H3/t10-,11-/m0/s1. The summed E-state index contributed by atoms with van der Waals surface area (Å²) in [7, 11) is 0. The lowest BCUT2D eigenvalue weighted by molar-refractivity contribution is -0.138. The Morgan fingerprint density at radius 1 is 1.26 bits per heavy atom. The minimum Gasteiger partial charge on any atom is -0.463 e. The van der Waals surface area contributed by atoms with Gasteiger partial charge in [0.1, 0.15) is 0 Å². The summed E-state index contributed by atoms with van der Waals surface area (Å²) in [4.78, 5) is 12.1. The number of rotatable bonds is 3. The molecular weight excluding hydrogens is 240 g/mol. The van der Waals surface area contributed by atoms with Crippen LogP contribution in [-0.2, 0) is 9.53 Å². The maximum absolute atomic E-state index is 12.1. The van der Waals surface area contributed by atoms with Gasteiger partial charge in [0.15, 0.2) is 0 Å². The van der Waals surface area contributed by atoms with Gasteiger partial charge in [-0.15, -0.1) is 0 Å². The fraction of sp³-hybridized carbons (Fsp3) is 0.400. The van der Waals surface area contributed by atoms with Crippen LogP contribution in [0.3, 0.4) is 0 Å². The van der Waals surface area contributed by atoms with E-state index in [1.54, 1.807) is 0 Å². The average molecular weight is 260 g/mol. The Bertz CT molecular complexity index is 482. The molecule has 1 aromatic carbocycles. The Hall–Kier alpha value is -1.81. The quantitative estimate of drug-likeness (QED) is 0.815. The fourth-order valence-electron chi connectivity index (χ4n) is 2.34. The Balaban J connectivity index is 2.46. The maximum Gasteiger partial charge on any atom is 0.337 e. The number of ether oxygens (including phenoxy) is 1. The van der Waals surface area contributed by atoms with E-state index >= 15 is 0 Å². The van der Waals surface area contributed by atoms with E-state index in [1.165, 1.54) is 0 Å². The molecule has 1 aliphatic rings. The second-order valence-corrected chi connectivity index (χ2v) is 4.63. The van der Waals surface area contributed by atoms with Crippen LogP contribution >= 0.6 is 0 Å². The van der Waals surface area contributed by atoms with Gasteiger partial charge in [0.2, 0.25) is 0 Å². The summed E-state index contributed by atoms with van der Waals surface area (Å²) >= 11 is 0. The second kappa shape index (κ2) is 5.89. The number of hydrogen-bond acceptors (Lipinski definition) is 4. The van der Waals surface area contributed by atoms with E-state index in [9.17, 15) is 4.79 Å². The number of hydrogen-bond donors (Lipinski definition) is 2. The SMILES string of the molecule is CCOC(=O)C1=C(c2ccccc2)N[C@@H](C)N[C@H]1C. The minimum absolute atomic E-state index is 0.0366. The van der Waals surface area contributed by atoms with Gasteiger partial charge in [0.25, 0.3) is 0 Å². The average Bonchev–Trinajstić information content (AvgIpc) is 2.39. The molecule has 2 rings (SSSR count). The monoisotopic (exact) mass is 260 g/mol. The zero-order chi connectivity index (χ0) is 13.8. The van der Waals surface area contributed by atoms with Crippen molar-refractivity contribution in [1.29, 1.82) is 0 Å². The highest BCUT2D eigenvalue weighted by molar-refractivity contribution is 5.99. The van der Waals surface area contributed by atoms with Crippen molar-refractivity contribution in [1.82, 2.24) is 10.6 Å². The highest BCUT2D eigenvalue weighted by atomic mass is 16.5. The van der Waals surface area contributed by atoms with Crippen molar-refractivity contribution in [2.24, 2.45) is 0 Å². The van der Waals surface area contributed by atoms with Gasteiger partial charge in [0.05, 0.1) is 24.0 Å². The topological polar surface area (TPSA) is 50.4 Å². The van der Waals surface area contributed by atoms with E-state index in [4.69, 9.17) is 4.74 Å². The van der Waals surface area contributed by atoms with Crippen molar-refractivity contribution < 1.29 is 9.53 Å². The Morgan fingerprint density at radius 3 is 2.58 bits per heavy atom. The molecule has 4 nitrogen and oxygen atoms in total. The molecule has 2 N–H and O–H groups in total. The molecule has 0 saturated carbocycles. The van der Waals surface area contributed by atoms with E-state index in [0.29, 0.717) is 12.2 Å². The molecule has 0 amide bonds. The zero-order valence-corrected chi connectivity index (χ0v) is 11.6. The van der Waals surface area contributed by atoms with Gasteiger partial charge < -0.3 is 10.1 Å². The highest BCUT2D eigenvalue weighted by Gasteiger charge is 2.29. The zero-order valence-electron chi connectivity index (χ0n) is 11.6. The molecule has 0 saturated heterocycles. The number of nitrogens with one attached hydrogen (secondary N) is 2. The molecule has 2 atom stereocenters. The van der Waals surface area contributed by atoms with Crippen LogP contribution in [0.4, 0.5) is 0 Å². The summed E-state index contributed by atoms with van der Waals surface area (Å²) in [5, 5.41) is 6.62. The third-order valence-electron chi connectivity index (χ3n) is 3.12. The van der Waals surface area contributed by atoms with Crippen LogP contribution in [0.15, 0.2) is 35.9 Å². The first-order valence-electron chi connectivity index (χ1n) is 6.62. The van der Waals surface area contributed by atoms with Crippen molar-refractivity contribution in [2.75, 3.05) is 6.61 Å². The molecule has 0 bridgehead atoms. The highest BCUT2D eigenvalue weighted by Crippen LogP contribution is 2.23. The number of carbonyl (C=O) groups excluding carboxylic acids is 1. The van der Waals surface area contributed by atoms with Crippen molar-refractivity contribution >= 4 is 11.7 Å². The second-order valence-electron chi connectivity index (χ2n) is 4.63. The molecule has 0 fully saturated rings. The van der Waals surface area contributed by atoms with Gasteiger partial charge in [-0.25, -0.2) is 4.79 Å². The van der Waals surface area contributed by atoms with E-state index in [0.717, 1.165) is 11.3 Å². The van der Waals surface area contributed by atoms with Crippen LogP contribution < -0.4 is 10.6 Å². The summed E-state index contributed by atoms with van der Waals surface area (Å²) in [5.41, 5.74) is 2.52. The van der Waals surface area contributed by atoms with Gasteiger partial charge in [-0.1, -0.05) is 30.3 Å². The summed E-state index contributed by atoms with van der Waals surface area (Å²) in [5.74, 6) is -0.263. The van der Waals surface area contributed by atoms with E-state index < -0.39 is 0 Å². The Labute approximate surface area is 113 Å². The van der Waals surface area contributed by atoms with Crippen molar-refractivity contribution in [3.63, 3.8) is 0 Å². The molecular formula is C15H20N2O2. The molecule has 1 aliphatic heterocycles.